The summed E-state index contributed by atoms with van der Waals surface area (Å²) in [6.45, 7) is 6.08. The average molecular weight is 386 g/mol. The molecular formula is C22H22N6O. The van der Waals surface area contributed by atoms with E-state index in [0.717, 1.165) is 24.5 Å². The van der Waals surface area contributed by atoms with Crippen molar-refractivity contribution in [3.63, 3.8) is 0 Å². The summed E-state index contributed by atoms with van der Waals surface area (Å²) in [5, 5.41) is 14.7. The number of hydrogen-bond donors (Lipinski definition) is 2. The first kappa shape index (κ1) is 19.8. The van der Waals surface area contributed by atoms with Gasteiger partial charge in [-0.1, -0.05) is 0 Å². The van der Waals surface area contributed by atoms with Crippen LogP contribution in [0.4, 0.5) is 22.9 Å². The molecule has 0 aliphatic rings. The number of nitriles is 1. The highest BCUT2D eigenvalue weighted by atomic mass is 16.1. The van der Waals surface area contributed by atoms with E-state index in [1.54, 1.807) is 24.3 Å². The second-order valence-corrected chi connectivity index (χ2v) is 6.27. The van der Waals surface area contributed by atoms with Gasteiger partial charge in [0, 0.05) is 30.2 Å². The molecule has 0 saturated carbocycles. The van der Waals surface area contributed by atoms with Crippen molar-refractivity contribution in [2.45, 2.75) is 13.8 Å². The molecule has 0 atom stereocenters. The fraction of sp³-hybridized carbons (Fsp3) is 0.182. The van der Waals surface area contributed by atoms with E-state index in [9.17, 15) is 4.79 Å². The van der Waals surface area contributed by atoms with Gasteiger partial charge in [-0.15, -0.1) is 0 Å². The van der Waals surface area contributed by atoms with Crippen molar-refractivity contribution in [3.05, 3.63) is 72.2 Å². The lowest BCUT2D eigenvalue weighted by Crippen LogP contribution is -2.21. The fourth-order valence-electron chi connectivity index (χ4n) is 2.83. The number of nitrogens with zero attached hydrogens (tertiary/aromatic N) is 4. The van der Waals surface area contributed by atoms with Crippen molar-refractivity contribution >= 4 is 28.8 Å². The number of nitrogens with one attached hydrogen (secondary N) is 2. The summed E-state index contributed by atoms with van der Waals surface area (Å²) < 4.78 is 0. The Hall–Kier alpha value is -3.92. The van der Waals surface area contributed by atoms with Crippen molar-refractivity contribution in [1.29, 1.82) is 5.26 Å². The van der Waals surface area contributed by atoms with Crippen LogP contribution in [-0.4, -0.2) is 29.0 Å². The summed E-state index contributed by atoms with van der Waals surface area (Å²) >= 11 is 0. The van der Waals surface area contributed by atoms with Gasteiger partial charge in [0.05, 0.1) is 24.0 Å². The molecule has 1 amide bonds. The van der Waals surface area contributed by atoms with Crippen LogP contribution in [0.25, 0.3) is 0 Å². The summed E-state index contributed by atoms with van der Waals surface area (Å²) in [5.74, 6) is 0.188. The average Bonchev–Trinajstić information content (AvgIpc) is 2.77. The van der Waals surface area contributed by atoms with Gasteiger partial charge < -0.3 is 15.5 Å². The summed E-state index contributed by atoms with van der Waals surface area (Å²) in [6.07, 6.45) is 2.92. The third-order valence-electron chi connectivity index (χ3n) is 4.42. The normalized spacial score (nSPS) is 10.1. The SMILES string of the molecule is CCN(CC)c1ccc(NC(=O)c2cnc(Nc3ccc(C#N)cc3)cn2)cc1. The van der Waals surface area contributed by atoms with Crippen molar-refractivity contribution in [2.24, 2.45) is 0 Å². The third kappa shape index (κ3) is 5.08. The highest BCUT2D eigenvalue weighted by molar-refractivity contribution is 6.02. The minimum absolute atomic E-state index is 0.225. The van der Waals surface area contributed by atoms with Crippen molar-refractivity contribution < 1.29 is 4.79 Å². The molecule has 7 heteroatoms. The molecule has 0 radical (unpaired) electrons. The highest BCUT2D eigenvalue weighted by Gasteiger charge is 2.09. The second kappa shape index (κ2) is 9.33. The summed E-state index contributed by atoms with van der Waals surface area (Å²) in [4.78, 5) is 23.1. The maximum Gasteiger partial charge on any atom is 0.275 e. The molecule has 0 unspecified atom stereocenters. The van der Waals surface area contributed by atoms with Crippen LogP contribution in [0, 0.1) is 11.3 Å². The van der Waals surface area contributed by atoms with Gasteiger partial charge in [-0.3, -0.25) is 4.79 Å². The maximum absolute atomic E-state index is 12.4. The first-order valence-electron chi connectivity index (χ1n) is 9.38. The summed E-state index contributed by atoms with van der Waals surface area (Å²) in [5.41, 5.74) is 3.41. The van der Waals surface area contributed by atoms with Crippen LogP contribution in [0.5, 0.6) is 0 Å². The second-order valence-electron chi connectivity index (χ2n) is 6.27. The number of anilines is 4. The number of carbonyl (C=O) groups is 1. The summed E-state index contributed by atoms with van der Waals surface area (Å²) in [6, 6.07) is 16.8. The Morgan fingerprint density at radius 3 is 2.17 bits per heavy atom. The number of aromatic nitrogens is 2. The Kier molecular flexibility index (Phi) is 6.38. The van der Waals surface area contributed by atoms with Gasteiger partial charge in [-0.2, -0.15) is 5.26 Å². The van der Waals surface area contributed by atoms with Crippen molar-refractivity contribution in [3.8, 4) is 6.07 Å². The molecule has 1 heterocycles. The van der Waals surface area contributed by atoms with Gasteiger partial charge in [-0.25, -0.2) is 9.97 Å². The zero-order valence-electron chi connectivity index (χ0n) is 16.4. The first-order valence-corrected chi connectivity index (χ1v) is 9.38. The molecule has 29 heavy (non-hydrogen) atoms. The predicted octanol–water partition coefficient (Wildman–Crippen LogP) is 4.19. The molecule has 3 rings (SSSR count). The minimum Gasteiger partial charge on any atom is -0.372 e. The molecule has 0 saturated heterocycles. The van der Waals surface area contributed by atoms with E-state index in [0.29, 0.717) is 17.1 Å². The minimum atomic E-state index is -0.321. The number of carbonyl (C=O) groups excluding carboxylic acids is 1. The molecule has 0 spiro atoms. The van der Waals surface area contributed by atoms with Crippen LogP contribution >= 0.6 is 0 Å². The van der Waals surface area contributed by atoms with Crippen LogP contribution in [0.15, 0.2) is 60.9 Å². The molecule has 0 bridgehead atoms. The van der Waals surface area contributed by atoms with Gasteiger partial charge >= 0.3 is 0 Å². The van der Waals surface area contributed by atoms with E-state index >= 15 is 0 Å². The van der Waals surface area contributed by atoms with Gasteiger partial charge in [0.2, 0.25) is 0 Å². The molecule has 1 aromatic heterocycles. The van der Waals surface area contributed by atoms with Gasteiger partial charge in [0.15, 0.2) is 0 Å². The molecule has 3 aromatic rings. The lowest BCUT2D eigenvalue weighted by molar-refractivity contribution is 0.102. The molecule has 0 aliphatic carbocycles. The Labute approximate surface area is 170 Å². The van der Waals surface area contributed by atoms with E-state index < -0.39 is 0 Å². The van der Waals surface area contributed by atoms with E-state index in [2.05, 4.69) is 45.4 Å². The van der Waals surface area contributed by atoms with Gasteiger partial charge in [0.1, 0.15) is 11.5 Å². The number of benzene rings is 2. The Morgan fingerprint density at radius 1 is 0.966 bits per heavy atom. The lowest BCUT2D eigenvalue weighted by Gasteiger charge is -2.21. The molecule has 7 nitrogen and oxygen atoms in total. The van der Waals surface area contributed by atoms with Crippen LogP contribution in [0.1, 0.15) is 29.9 Å². The van der Waals surface area contributed by atoms with E-state index in [-0.39, 0.29) is 11.6 Å². The number of amides is 1. The van der Waals surface area contributed by atoms with E-state index in [1.807, 2.05) is 24.3 Å². The molecule has 0 aliphatic heterocycles. The molecular weight excluding hydrogens is 364 g/mol. The van der Waals surface area contributed by atoms with Crippen molar-refractivity contribution in [1.82, 2.24) is 9.97 Å². The molecule has 2 N–H and O–H groups in total. The quantitative estimate of drug-likeness (QED) is 0.632. The van der Waals surface area contributed by atoms with Crippen LogP contribution in [-0.2, 0) is 0 Å². The zero-order chi connectivity index (χ0) is 20.6. The molecule has 0 fully saturated rings. The Balaban J connectivity index is 1.62. The monoisotopic (exact) mass is 386 g/mol. The van der Waals surface area contributed by atoms with Gasteiger partial charge in [-0.05, 0) is 62.4 Å². The highest BCUT2D eigenvalue weighted by Crippen LogP contribution is 2.18. The fourth-order valence-corrected chi connectivity index (χ4v) is 2.83. The third-order valence-corrected chi connectivity index (χ3v) is 4.42. The largest absolute Gasteiger partial charge is 0.372 e. The lowest BCUT2D eigenvalue weighted by atomic mass is 10.2. The molecule has 2 aromatic carbocycles. The number of rotatable bonds is 7. The van der Waals surface area contributed by atoms with E-state index in [1.165, 1.54) is 12.4 Å². The van der Waals surface area contributed by atoms with Gasteiger partial charge in [0.25, 0.3) is 5.91 Å². The first-order chi connectivity index (χ1) is 14.1. The molecule has 146 valence electrons. The van der Waals surface area contributed by atoms with Crippen LogP contribution < -0.4 is 15.5 Å². The number of hydrogen-bond acceptors (Lipinski definition) is 6. The Bertz CT molecular complexity index is 987. The summed E-state index contributed by atoms with van der Waals surface area (Å²) in [7, 11) is 0. The maximum atomic E-state index is 12.4. The van der Waals surface area contributed by atoms with E-state index in [4.69, 9.17) is 5.26 Å². The van der Waals surface area contributed by atoms with Crippen LogP contribution in [0.3, 0.4) is 0 Å². The predicted molar refractivity (Wildman–Crippen MR) is 114 cm³/mol. The topological polar surface area (TPSA) is 93.9 Å². The Morgan fingerprint density at radius 2 is 1.62 bits per heavy atom. The smallest absolute Gasteiger partial charge is 0.275 e. The zero-order valence-corrected chi connectivity index (χ0v) is 16.4. The standard InChI is InChI=1S/C22H22N6O/c1-3-28(4-2)19-11-9-18(10-12-19)27-22(29)20-14-25-21(15-24-20)26-17-7-5-16(13-23)6-8-17/h5-12,14-15H,3-4H2,1-2H3,(H,25,26)(H,27,29). The van der Waals surface area contributed by atoms with Crippen LogP contribution in [0.2, 0.25) is 0 Å². The van der Waals surface area contributed by atoms with Crippen molar-refractivity contribution in [2.75, 3.05) is 28.6 Å².